The van der Waals surface area contributed by atoms with Gasteiger partial charge in [-0.3, -0.25) is 4.72 Å². The Hall–Kier alpha value is -2.06. The van der Waals surface area contributed by atoms with Gasteiger partial charge in [0.25, 0.3) is 10.0 Å². The first kappa shape index (κ1) is 15.3. The van der Waals surface area contributed by atoms with Crippen LogP contribution in [0.3, 0.4) is 0 Å². The van der Waals surface area contributed by atoms with Crippen molar-refractivity contribution in [3.63, 3.8) is 0 Å². The molecule has 2 aromatic rings. The van der Waals surface area contributed by atoms with Crippen LogP contribution in [0.25, 0.3) is 0 Å². The van der Waals surface area contributed by atoms with Gasteiger partial charge in [0.15, 0.2) is 16.7 Å². The molecule has 2 rings (SSSR count). The predicted octanol–water partition coefficient (Wildman–Crippen LogP) is 1.88. The Kier molecular flexibility index (Phi) is 4.49. The van der Waals surface area contributed by atoms with Crippen molar-refractivity contribution in [2.24, 2.45) is 0 Å². The first-order chi connectivity index (χ1) is 9.94. The van der Waals surface area contributed by atoms with Crippen molar-refractivity contribution >= 4 is 15.7 Å². The lowest BCUT2D eigenvalue weighted by Gasteiger charge is -2.09. The second-order valence-electron chi connectivity index (χ2n) is 4.24. The van der Waals surface area contributed by atoms with Crippen LogP contribution in [0, 0.1) is 11.6 Å². The molecule has 8 heteroatoms. The molecule has 1 aromatic carbocycles. The van der Waals surface area contributed by atoms with Crippen molar-refractivity contribution < 1.29 is 17.2 Å². The molecule has 0 radical (unpaired) electrons. The second kappa shape index (κ2) is 6.15. The van der Waals surface area contributed by atoms with Crippen LogP contribution < -0.4 is 10.0 Å². The number of pyridine rings is 1. The summed E-state index contributed by atoms with van der Waals surface area (Å²) in [6.45, 7) is 0.541. The van der Waals surface area contributed by atoms with Gasteiger partial charge in [-0.15, -0.1) is 0 Å². The Morgan fingerprint density at radius 1 is 1.19 bits per heavy atom. The largest absolute Gasteiger partial charge is 0.316 e. The third kappa shape index (κ3) is 3.53. The van der Waals surface area contributed by atoms with E-state index in [0.717, 1.165) is 17.7 Å². The summed E-state index contributed by atoms with van der Waals surface area (Å²) in [5.41, 5.74) is 0.337. The zero-order valence-corrected chi connectivity index (χ0v) is 11.9. The van der Waals surface area contributed by atoms with Crippen LogP contribution in [-0.4, -0.2) is 20.4 Å². The van der Waals surface area contributed by atoms with E-state index in [2.05, 4.69) is 10.3 Å². The van der Waals surface area contributed by atoms with Crippen LogP contribution in [0.2, 0.25) is 0 Å². The minimum atomic E-state index is -4.07. The zero-order chi connectivity index (χ0) is 15.5. The molecule has 0 atom stereocenters. The number of sulfonamides is 1. The summed E-state index contributed by atoms with van der Waals surface area (Å²) in [6.07, 6.45) is 1.40. The molecule has 0 saturated heterocycles. The first-order valence-electron chi connectivity index (χ1n) is 6.00. The SMILES string of the molecule is CNCc1ccc(S(=O)(=O)Nc2cccc(F)c2F)nc1. The van der Waals surface area contributed by atoms with Crippen molar-refractivity contribution in [2.75, 3.05) is 11.8 Å². The number of hydrogen-bond acceptors (Lipinski definition) is 4. The zero-order valence-electron chi connectivity index (χ0n) is 11.1. The maximum Gasteiger partial charge on any atom is 0.279 e. The average Bonchev–Trinajstić information content (AvgIpc) is 2.45. The number of hydrogen-bond donors (Lipinski definition) is 2. The molecule has 0 aliphatic carbocycles. The maximum atomic E-state index is 13.5. The van der Waals surface area contributed by atoms with Gasteiger partial charge >= 0.3 is 0 Å². The van der Waals surface area contributed by atoms with E-state index in [9.17, 15) is 17.2 Å². The first-order valence-corrected chi connectivity index (χ1v) is 7.48. The molecule has 0 aliphatic heterocycles. The summed E-state index contributed by atoms with van der Waals surface area (Å²) in [7, 11) is -2.32. The van der Waals surface area contributed by atoms with E-state index in [1.54, 1.807) is 13.1 Å². The molecular formula is C13H13F2N3O2S. The Labute approximate surface area is 121 Å². The van der Waals surface area contributed by atoms with Gasteiger partial charge < -0.3 is 5.32 Å². The standard InChI is InChI=1S/C13H13F2N3O2S/c1-16-7-9-5-6-12(17-8-9)21(19,20)18-11-4-2-3-10(14)13(11)15/h2-6,8,16,18H,7H2,1H3. The molecule has 2 N–H and O–H groups in total. The van der Waals surface area contributed by atoms with Gasteiger partial charge in [0.1, 0.15) is 0 Å². The quantitative estimate of drug-likeness (QED) is 0.884. The van der Waals surface area contributed by atoms with Crippen molar-refractivity contribution in [1.29, 1.82) is 0 Å². The van der Waals surface area contributed by atoms with E-state index < -0.39 is 27.3 Å². The molecule has 112 valence electrons. The highest BCUT2D eigenvalue weighted by atomic mass is 32.2. The minimum absolute atomic E-state index is 0.272. The predicted molar refractivity (Wildman–Crippen MR) is 74.2 cm³/mol. The van der Waals surface area contributed by atoms with Gasteiger partial charge in [0.05, 0.1) is 5.69 Å². The summed E-state index contributed by atoms with van der Waals surface area (Å²) in [6, 6.07) is 6.12. The molecule has 0 spiro atoms. The fourth-order valence-electron chi connectivity index (χ4n) is 1.66. The van der Waals surface area contributed by atoms with Crippen LogP contribution >= 0.6 is 0 Å². The number of benzene rings is 1. The van der Waals surface area contributed by atoms with E-state index in [-0.39, 0.29) is 5.03 Å². The van der Waals surface area contributed by atoms with Crippen LogP contribution in [-0.2, 0) is 16.6 Å². The fourth-order valence-corrected chi connectivity index (χ4v) is 2.65. The lowest BCUT2D eigenvalue weighted by molar-refractivity contribution is 0.511. The van der Waals surface area contributed by atoms with Gasteiger partial charge in [-0.05, 0) is 30.8 Å². The summed E-state index contributed by atoms with van der Waals surface area (Å²) in [5, 5.41) is 2.63. The Bertz CT molecular complexity index is 734. The highest BCUT2D eigenvalue weighted by Crippen LogP contribution is 2.20. The molecule has 0 fully saturated rings. The fraction of sp³-hybridized carbons (Fsp3) is 0.154. The molecule has 0 bridgehead atoms. The van der Waals surface area contributed by atoms with Crippen molar-refractivity contribution in [1.82, 2.24) is 10.3 Å². The van der Waals surface area contributed by atoms with Crippen molar-refractivity contribution in [3.05, 3.63) is 53.7 Å². The minimum Gasteiger partial charge on any atom is -0.316 e. The monoisotopic (exact) mass is 313 g/mol. The van der Waals surface area contributed by atoms with Crippen molar-refractivity contribution in [2.45, 2.75) is 11.6 Å². The van der Waals surface area contributed by atoms with Gasteiger partial charge in [-0.2, -0.15) is 8.42 Å². The third-order valence-corrected chi connectivity index (χ3v) is 3.93. The van der Waals surface area contributed by atoms with E-state index >= 15 is 0 Å². The van der Waals surface area contributed by atoms with Crippen LogP contribution in [0.15, 0.2) is 41.6 Å². The Balaban J connectivity index is 2.27. The van der Waals surface area contributed by atoms with E-state index in [4.69, 9.17) is 0 Å². The molecular weight excluding hydrogens is 300 g/mol. The number of nitrogens with one attached hydrogen (secondary N) is 2. The molecule has 0 unspecified atom stereocenters. The maximum absolute atomic E-state index is 13.5. The Morgan fingerprint density at radius 3 is 2.57 bits per heavy atom. The summed E-state index contributed by atoms with van der Waals surface area (Å²) in [5.74, 6) is -2.39. The number of aromatic nitrogens is 1. The smallest absolute Gasteiger partial charge is 0.279 e. The molecule has 1 heterocycles. The Morgan fingerprint density at radius 2 is 1.95 bits per heavy atom. The normalized spacial score (nSPS) is 11.4. The number of anilines is 1. The lowest BCUT2D eigenvalue weighted by Crippen LogP contribution is -2.16. The molecule has 1 aromatic heterocycles. The average molecular weight is 313 g/mol. The van der Waals surface area contributed by atoms with E-state index in [0.29, 0.717) is 6.54 Å². The summed E-state index contributed by atoms with van der Waals surface area (Å²) >= 11 is 0. The topological polar surface area (TPSA) is 71.1 Å². The van der Waals surface area contributed by atoms with Gasteiger partial charge in [0.2, 0.25) is 0 Å². The second-order valence-corrected chi connectivity index (χ2v) is 5.87. The lowest BCUT2D eigenvalue weighted by atomic mass is 10.3. The number of halogens is 2. The van der Waals surface area contributed by atoms with Gasteiger partial charge in [0, 0.05) is 12.7 Å². The van der Waals surface area contributed by atoms with Gasteiger partial charge in [-0.1, -0.05) is 12.1 Å². The van der Waals surface area contributed by atoms with Crippen LogP contribution in [0.4, 0.5) is 14.5 Å². The third-order valence-electron chi connectivity index (χ3n) is 2.65. The molecule has 5 nitrogen and oxygen atoms in total. The number of nitrogens with zero attached hydrogens (tertiary/aromatic N) is 1. The molecule has 0 saturated carbocycles. The summed E-state index contributed by atoms with van der Waals surface area (Å²) in [4.78, 5) is 3.81. The van der Waals surface area contributed by atoms with Crippen LogP contribution in [0.1, 0.15) is 5.56 Å². The van der Waals surface area contributed by atoms with Gasteiger partial charge in [-0.25, -0.2) is 13.8 Å². The molecule has 0 amide bonds. The highest BCUT2D eigenvalue weighted by molar-refractivity contribution is 7.92. The number of rotatable bonds is 5. The molecule has 0 aliphatic rings. The summed E-state index contributed by atoms with van der Waals surface area (Å²) < 4.78 is 52.6. The van der Waals surface area contributed by atoms with E-state index in [1.165, 1.54) is 18.3 Å². The van der Waals surface area contributed by atoms with Crippen molar-refractivity contribution in [3.8, 4) is 0 Å². The van der Waals surface area contributed by atoms with E-state index in [1.807, 2.05) is 4.72 Å². The highest BCUT2D eigenvalue weighted by Gasteiger charge is 2.19. The van der Waals surface area contributed by atoms with Crippen LogP contribution in [0.5, 0.6) is 0 Å². The molecule has 21 heavy (non-hydrogen) atoms.